The Morgan fingerprint density at radius 3 is 2.67 bits per heavy atom. The van der Waals surface area contributed by atoms with Crippen LogP contribution in [0.4, 0.5) is 5.69 Å². The van der Waals surface area contributed by atoms with Gasteiger partial charge < -0.3 is 14.7 Å². The number of rotatable bonds is 6. The molecule has 0 aliphatic carbocycles. The lowest BCUT2D eigenvalue weighted by molar-refractivity contribution is -0.385. The molecule has 0 aliphatic heterocycles. The van der Waals surface area contributed by atoms with Crippen LogP contribution in [0.2, 0.25) is 0 Å². The molecular weight excluding hydrogens is 240 g/mol. The van der Waals surface area contributed by atoms with Gasteiger partial charge in [-0.25, -0.2) is 4.79 Å². The van der Waals surface area contributed by atoms with Gasteiger partial charge in [-0.3, -0.25) is 10.1 Å². The third-order valence-electron chi connectivity index (χ3n) is 2.21. The molecule has 98 valence electrons. The fraction of sp³-hybridized carbons (Fsp3) is 0.364. The fourth-order valence-electron chi connectivity index (χ4n) is 1.32. The Morgan fingerprint density at radius 2 is 2.17 bits per heavy atom. The van der Waals surface area contributed by atoms with Gasteiger partial charge in [-0.2, -0.15) is 0 Å². The molecule has 1 rings (SSSR count). The maximum Gasteiger partial charge on any atom is 0.339 e. The SMILES string of the molecule is CN(C)CCOc1c(C(=O)O)cccc1[N+](=O)[O-]. The maximum atomic E-state index is 11.0. The van der Waals surface area contributed by atoms with Crippen molar-refractivity contribution in [3.63, 3.8) is 0 Å². The lowest BCUT2D eigenvalue weighted by atomic mass is 10.2. The van der Waals surface area contributed by atoms with E-state index in [1.165, 1.54) is 18.2 Å². The van der Waals surface area contributed by atoms with Crippen LogP contribution in [0.3, 0.4) is 0 Å². The highest BCUT2D eigenvalue weighted by atomic mass is 16.6. The number of carbonyl (C=O) groups is 1. The number of benzene rings is 1. The molecule has 0 saturated carbocycles. The maximum absolute atomic E-state index is 11.0. The molecule has 0 saturated heterocycles. The molecule has 0 spiro atoms. The number of carboxylic acids is 1. The number of aromatic carboxylic acids is 1. The molecule has 0 aromatic heterocycles. The number of nitrogens with zero attached hydrogens (tertiary/aromatic N) is 2. The Balaban J connectivity index is 3.03. The van der Waals surface area contributed by atoms with Crippen LogP contribution in [-0.4, -0.2) is 48.1 Å². The van der Waals surface area contributed by atoms with Crippen molar-refractivity contribution in [3.8, 4) is 5.75 Å². The normalized spacial score (nSPS) is 10.4. The summed E-state index contributed by atoms with van der Waals surface area (Å²) in [6.07, 6.45) is 0. The molecule has 1 N–H and O–H groups in total. The number of nitro benzene ring substituents is 1. The van der Waals surface area contributed by atoms with E-state index in [0.29, 0.717) is 6.54 Å². The first-order valence-electron chi connectivity index (χ1n) is 5.21. The molecule has 0 aliphatic rings. The van der Waals surface area contributed by atoms with E-state index >= 15 is 0 Å². The molecule has 0 radical (unpaired) electrons. The van der Waals surface area contributed by atoms with E-state index in [1.807, 2.05) is 19.0 Å². The van der Waals surface area contributed by atoms with Gasteiger partial charge in [0.1, 0.15) is 12.2 Å². The van der Waals surface area contributed by atoms with Gasteiger partial charge >= 0.3 is 11.7 Å². The first-order chi connectivity index (χ1) is 8.43. The van der Waals surface area contributed by atoms with Crippen molar-refractivity contribution in [1.82, 2.24) is 4.90 Å². The van der Waals surface area contributed by atoms with Crippen molar-refractivity contribution in [2.75, 3.05) is 27.2 Å². The second kappa shape index (κ2) is 5.97. The molecule has 7 heteroatoms. The summed E-state index contributed by atoms with van der Waals surface area (Å²) in [4.78, 5) is 23.0. The summed E-state index contributed by atoms with van der Waals surface area (Å²) in [6, 6.07) is 3.82. The van der Waals surface area contributed by atoms with Crippen LogP contribution in [0.1, 0.15) is 10.4 Å². The van der Waals surface area contributed by atoms with Gasteiger partial charge in [-0.05, 0) is 20.2 Å². The highest BCUT2D eigenvalue weighted by Gasteiger charge is 2.22. The highest BCUT2D eigenvalue weighted by molar-refractivity contribution is 5.92. The van der Waals surface area contributed by atoms with Gasteiger partial charge in [0.2, 0.25) is 5.75 Å². The van der Waals surface area contributed by atoms with E-state index in [9.17, 15) is 14.9 Å². The molecule has 0 heterocycles. The quantitative estimate of drug-likeness (QED) is 0.606. The summed E-state index contributed by atoms with van der Waals surface area (Å²) in [5, 5.41) is 19.8. The predicted octanol–water partition coefficient (Wildman–Crippen LogP) is 1.23. The number of carboxylic acid groups (broad SMARTS) is 1. The van der Waals surface area contributed by atoms with Gasteiger partial charge in [0.25, 0.3) is 0 Å². The van der Waals surface area contributed by atoms with Crippen LogP contribution in [0.5, 0.6) is 5.75 Å². The fourth-order valence-corrected chi connectivity index (χ4v) is 1.32. The zero-order chi connectivity index (χ0) is 13.7. The largest absolute Gasteiger partial charge is 0.485 e. The Labute approximate surface area is 104 Å². The van der Waals surface area contributed by atoms with E-state index in [2.05, 4.69) is 0 Å². The second-order valence-electron chi connectivity index (χ2n) is 3.87. The van der Waals surface area contributed by atoms with Crippen LogP contribution < -0.4 is 4.74 Å². The van der Waals surface area contributed by atoms with E-state index in [0.717, 1.165) is 0 Å². The standard InChI is InChI=1S/C11H14N2O5/c1-12(2)6-7-18-10-8(11(14)15)4-3-5-9(10)13(16)17/h3-5H,6-7H2,1-2H3,(H,14,15). The first kappa shape index (κ1) is 13.9. The minimum atomic E-state index is -1.25. The minimum absolute atomic E-state index is 0.179. The van der Waals surface area contributed by atoms with Gasteiger partial charge in [-0.1, -0.05) is 6.07 Å². The molecule has 0 atom stereocenters. The number of para-hydroxylation sites is 1. The van der Waals surface area contributed by atoms with E-state index in [1.54, 1.807) is 0 Å². The molecule has 0 bridgehead atoms. The molecule has 7 nitrogen and oxygen atoms in total. The molecule has 0 amide bonds. The molecular formula is C11H14N2O5. The van der Waals surface area contributed by atoms with Crippen molar-refractivity contribution in [2.24, 2.45) is 0 Å². The molecule has 0 fully saturated rings. The summed E-state index contributed by atoms with van der Waals surface area (Å²) in [6.45, 7) is 0.712. The van der Waals surface area contributed by atoms with Crippen LogP contribution in [0.15, 0.2) is 18.2 Å². The summed E-state index contributed by atoms with van der Waals surface area (Å²) in [7, 11) is 3.64. The topological polar surface area (TPSA) is 92.9 Å². The van der Waals surface area contributed by atoms with E-state index in [4.69, 9.17) is 9.84 Å². The number of hydrogen-bond donors (Lipinski definition) is 1. The second-order valence-corrected chi connectivity index (χ2v) is 3.87. The first-order valence-corrected chi connectivity index (χ1v) is 5.21. The Bertz CT molecular complexity index is 426. The summed E-state index contributed by atoms with van der Waals surface area (Å²) in [5.74, 6) is -1.45. The van der Waals surface area contributed by atoms with Crippen molar-refractivity contribution < 1.29 is 19.6 Å². The van der Waals surface area contributed by atoms with E-state index < -0.39 is 10.9 Å². The van der Waals surface area contributed by atoms with Crippen LogP contribution in [0.25, 0.3) is 0 Å². The third kappa shape index (κ3) is 3.42. The predicted molar refractivity (Wildman–Crippen MR) is 64.1 cm³/mol. The van der Waals surface area contributed by atoms with Crippen molar-refractivity contribution >= 4 is 11.7 Å². The average molecular weight is 254 g/mol. The van der Waals surface area contributed by atoms with Crippen molar-refractivity contribution in [2.45, 2.75) is 0 Å². The number of likely N-dealkylation sites (N-methyl/N-ethyl adjacent to an activating group) is 1. The van der Waals surface area contributed by atoms with Gasteiger partial charge in [0, 0.05) is 12.6 Å². The van der Waals surface area contributed by atoms with Crippen LogP contribution in [0, 0.1) is 10.1 Å². The Hall–Kier alpha value is -2.15. The van der Waals surface area contributed by atoms with Gasteiger partial charge in [0.15, 0.2) is 0 Å². The Morgan fingerprint density at radius 1 is 1.50 bits per heavy atom. The lowest BCUT2D eigenvalue weighted by Crippen LogP contribution is -2.20. The number of ether oxygens (including phenoxy) is 1. The summed E-state index contributed by atoms with van der Waals surface area (Å²) >= 11 is 0. The Kier molecular flexibility index (Phi) is 4.61. The zero-order valence-electron chi connectivity index (χ0n) is 10.1. The smallest absolute Gasteiger partial charge is 0.339 e. The zero-order valence-corrected chi connectivity index (χ0v) is 10.1. The van der Waals surface area contributed by atoms with Gasteiger partial charge in [0.05, 0.1) is 4.92 Å². The van der Waals surface area contributed by atoms with Crippen molar-refractivity contribution in [3.05, 3.63) is 33.9 Å². The average Bonchev–Trinajstić information content (AvgIpc) is 2.28. The van der Waals surface area contributed by atoms with Crippen LogP contribution in [-0.2, 0) is 0 Å². The number of nitro groups is 1. The molecule has 0 unspecified atom stereocenters. The molecule has 1 aromatic rings. The molecule has 18 heavy (non-hydrogen) atoms. The van der Waals surface area contributed by atoms with Crippen molar-refractivity contribution in [1.29, 1.82) is 0 Å². The van der Waals surface area contributed by atoms with Gasteiger partial charge in [-0.15, -0.1) is 0 Å². The monoisotopic (exact) mass is 254 g/mol. The van der Waals surface area contributed by atoms with Crippen LogP contribution >= 0.6 is 0 Å². The third-order valence-corrected chi connectivity index (χ3v) is 2.21. The number of hydrogen-bond acceptors (Lipinski definition) is 5. The summed E-state index contributed by atoms with van der Waals surface area (Å²) in [5.41, 5.74) is -0.545. The summed E-state index contributed by atoms with van der Waals surface area (Å²) < 4.78 is 5.24. The lowest BCUT2D eigenvalue weighted by Gasteiger charge is -2.12. The minimum Gasteiger partial charge on any atom is -0.485 e. The highest BCUT2D eigenvalue weighted by Crippen LogP contribution is 2.30. The molecule has 1 aromatic carbocycles. The van der Waals surface area contributed by atoms with E-state index in [-0.39, 0.29) is 23.6 Å².